The first-order chi connectivity index (χ1) is 12.9. The molecule has 142 valence electrons. The van der Waals surface area contributed by atoms with Crippen LogP contribution in [0, 0.1) is 12.7 Å². The molecule has 2 N–H and O–H groups in total. The number of pyridine rings is 1. The van der Waals surface area contributed by atoms with Crippen LogP contribution >= 0.6 is 0 Å². The van der Waals surface area contributed by atoms with E-state index in [-0.39, 0.29) is 22.4 Å². The zero-order chi connectivity index (χ0) is 19.2. The summed E-state index contributed by atoms with van der Waals surface area (Å²) >= 11 is 0. The van der Waals surface area contributed by atoms with Crippen molar-refractivity contribution < 1.29 is 17.3 Å². The van der Waals surface area contributed by atoms with Crippen LogP contribution in [-0.2, 0) is 10.0 Å². The van der Waals surface area contributed by atoms with Crippen LogP contribution in [0.5, 0.6) is 0 Å². The van der Waals surface area contributed by atoms with Gasteiger partial charge in [0.25, 0.3) is 0 Å². The summed E-state index contributed by atoms with van der Waals surface area (Å²) in [5, 5.41) is 4.86. The number of hydrogen-bond acceptors (Lipinski definition) is 6. The lowest BCUT2D eigenvalue weighted by Crippen LogP contribution is -2.38. The fraction of sp³-hybridized carbons (Fsp3) is 0.333. The Morgan fingerprint density at radius 1 is 1.26 bits per heavy atom. The first kappa shape index (κ1) is 17.9. The molecule has 4 rings (SSSR count). The third-order valence-corrected chi connectivity index (χ3v) is 6.87. The molecule has 0 aliphatic carbocycles. The Labute approximate surface area is 156 Å². The largest absolute Gasteiger partial charge is 0.383 e. The molecule has 1 aliphatic rings. The summed E-state index contributed by atoms with van der Waals surface area (Å²) in [4.78, 5) is 4.00. The number of fused-ring (bicyclic) bond motifs is 1. The number of halogens is 1. The van der Waals surface area contributed by atoms with Gasteiger partial charge in [0.1, 0.15) is 16.5 Å². The van der Waals surface area contributed by atoms with E-state index in [9.17, 15) is 12.8 Å². The minimum atomic E-state index is -3.70. The van der Waals surface area contributed by atoms with Crippen LogP contribution in [-0.4, -0.2) is 36.0 Å². The molecule has 1 fully saturated rings. The molecule has 2 aromatic heterocycles. The normalized spacial score (nSPS) is 16.8. The standard InChI is InChI=1S/C18H19FN4O3S/c1-11-8-16(18(20)21-10-11)27(24,25)23-6-4-12(5-7-23)17-14-3-2-13(19)9-15(14)26-22-17/h2-3,8-10,12H,4-7H2,1H3,(H2,20,21). The average Bonchev–Trinajstić information content (AvgIpc) is 3.06. The minimum Gasteiger partial charge on any atom is -0.383 e. The van der Waals surface area contributed by atoms with Crippen molar-refractivity contribution in [3.05, 3.63) is 47.5 Å². The maximum Gasteiger partial charge on any atom is 0.246 e. The van der Waals surface area contributed by atoms with Crippen molar-refractivity contribution >= 4 is 26.8 Å². The molecule has 1 aliphatic heterocycles. The second kappa shape index (κ2) is 6.58. The molecule has 0 bridgehead atoms. The summed E-state index contributed by atoms with van der Waals surface area (Å²) in [7, 11) is -3.70. The fourth-order valence-electron chi connectivity index (χ4n) is 3.49. The topological polar surface area (TPSA) is 102 Å². The third-order valence-electron chi connectivity index (χ3n) is 4.94. The second-order valence-electron chi connectivity index (χ2n) is 6.78. The first-order valence-corrected chi connectivity index (χ1v) is 10.1. The lowest BCUT2D eigenvalue weighted by molar-refractivity contribution is 0.310. The van der Waals surface area contributed by atoms with Gasteiger partial charge < -0.3 is 10.3 Å². The molecule has 3 heterocycles. The highest BCUT2D eigenvalue weighted by Crippen LogP contribution is 2.34. The van der Waals surface area contributed by atoms with E-state index < -0.39 is 10.0 Å². The molecular formula is C18H19FN4O3S. The van der Waals surface area contributed by atoms with Crippen molar-refractivity contribution in [1.29, 1.82) is 0 Å². The highest BCUT2D eigenvalue weighted by Gasteiger charge is 2.33. The van der Waals surface area contributed by atoms with E-state index in [1.54, 1.807) is 25.3 Å². The Kier molecular flexibility index (Phi) is 4.35. The Morgan fingerprint density at radius 3 is 2.74 bits per heavy atom. The molecule has 0 atom stereocenters. The summed E-state index contributed by atoms with van der Waals surface area (Å²) in [5.41, 5.74) is 7.68. The van der Waals surface area contributed by atoms with Gasteiger partial charge in [0.05, 0.1) is 5.69 Å². The maximum atomic E-state index is 13.3. The molecule has 27 heavy (non-hydrogen) atoms. The molecule has 3 aromatic rings. The van der Waals surface area contributed by atoms with E-state index in [1.807, 2.05) is 0 Å². The van der Waals surface area contributed by atoms with Crippen molar-refractivity contribution in [2.75, 3.05) is 18.8 Å². The predicted octanol–water partition coefficient (Wildman–Crippen LogP) is 2.82. The number of aryl methyl sites for hydroxylation is 1. The summed E-state index contributed by atoms with van der Waals surface area (Å²) in [6.45, 7) is 2.46. The molecule has 0 spiro atoms. The number of aromatic nitrogens is 2. The number of piperidine rings is 1. The summed E-state index contributed by atoms with van der Waals surface area (Å²) < 4.78 is 45.8. The molecule has 1 aromatic carbocycles. The van der Waals surface area contributed by atoms with Crippen molar-refractivity contribution in [2.24, 2.45) is 0 Å². The van der Waals surface area contributed by atoms with Crippen molar-refractivity contribution in [1.82, 2.24) is 14.4 Å². The van der Waals surface area contributed by atoms with Gasteiger partial charge in [-0.3, -0.25) is 0 Å². The maximum absolute atomic E-state index is 13.3. The first-order valence-electron chi connectivity index (χ1n) is 8.63. The van der Waals surface area contributed by atoms with Gasteiger partial charge in [0.15, 0.2) is 5.58 Å². The van der Waals surface area contributed by atoms with Crippen LogP contribution in [0.15, 0.2) is 39.9 Å². The number of nitrogen functional groups attached to an aromatic ring is 1. The van der Waals surface area contributed by atoms with Crippen molar-refractivity contribution in [2.45, 2.75) is 30.6 Å². The second-order valence-corrected chi connectivity index (χ2v) is 8.69. The number of nitrogens with zero attached hydrogens (tertiary/aromatic N) is 3. The Hall–Kier alpha value is -2.52. The van der Waals surface area contributed by atoms with Gasteiger partial charge in [0, 0.05) is 36.7 Å². The van der Waals surface area contributed by atoms with E-state index in [2.05, 4.69) is 10.1 Å². The Balaban J connectivity index is 1.55. The van der Waals surface area contributed by atoms with Crippen molar-refractivity contribution in [3.63, 3.8) is 0 Å². The predicted molar refractivity (Wildman–Crippen MR) is 98.1 cm³/mol. The van der Waals surface area contributed by atoms with E-state index in [0.717, 1.165) is 16.6 Å². The molecule has 1 saturated heterocycles. The smallest absolute Gasteiger partial charge is 0.246 e. The third kappa shape index (κ3) is 3.17. The number of anilines is 1. The van der Waals surface area contributed by atoms with Gasteiger partial charge in [0.2, 0.25) is 10.0 Å². The van der Waals surface area contributed by atoms with E-state index in [4.69, 9.17) is 10.3 Å². The Morgan fingerprint density at radius 2 is 2.00 bits per heavy atom. The fourth-order valence-corrected chi connectivity index (χ4v) is 5.12. The van der Waals surface area contributed by atoms with Crippen molar-refractivity contribution in [3.8, 4) is 0 Å². The average molecular weight is 390 g/mol. The van der Waals surface area contributed by atoms with Crippen LogP contribution in [0.2, 0.25) is 0 Å². The molecular weight excluding hydrogens is 371 g/mol. The van der Waals surface area contributed by atoms with Gasteiger partial charge in [-0.15, -0.1) is 0 Å². The quantitative estimate of drug-likeness (QED) is 0.738. The van der Waals surface area contributed by atoms with Crippen LogP contribution in [0.1, 0.15) is 30.0 Å². The molecule has 0 saturated carbocycles. The number of sulfonamides is 1. The molecule has 0 unspecified atom stereocenters. The van der Waals surface area contributed by atoms with E-state index >= 15 is 0 Å². The van der Waals surface area contributed by atoms with Crippen LogP contribution in [0.3, 0.4) is 0 Å². The van der Waals surface area contributed by atoms with Gasteiger partial charge in [-0.2, -0.15) is 4.31 Å². The highest BCUT2D eigenvalue weighted by atomic mass is 32.2. The van der Waals surface area contributed by atoms with E-state index in [0.29, 0.717) is 31.5 Å². The zero-order valence-electron chi connectivity index (χ0n) is 14.7. The monoisotopic (exact) mass is 390 g/mol. The molecule has 0 radical (unpaired) electrons. The summed E-state index contributed by atoms with van der Waals surface area (Å²) in [5.74, 6) is -0.321. The van der Waals surface area contributed by atoms with Crippen LogP contribution in [0.25, 0.3) is 11.0 Å². The molecule has 0 amide bonds. The highest BCUT2D eigenvalue weighted by molar-refractivity contribution is 7.89. The SMILES string of the molecule is Cc1cnc(N)c(S(=O)(=O)N2CCC(c3noc4cc(F)ccc34)CC2)c1. The molecule has 7 nitrogen and oxygen atoms in total. The van der Waals surface area contributed by atoms with E-state index in [1.165, 1.54) is 16.4 Å². The number of nitrogens with two attached hydrogens (primary N) is 1. The number of hydrogen-bond donors (Lipinski definition) is 1. The number of benzene rings is 1. The lowest BCUT2D eigenvalue weighted by Gasteiger charge is -2.30. The zero-order valence-corrected chi connectivity index (χ0v) is 15.5. The number of rotatable bonds is 3. The van der Waals surface area contributed by atoms with Gasteiger partial charge in [-0.25, -0.2) is 17.8 Å². The summed E-state index contributed by atoms with van der Waals surface area (Å²) in [6.07, 6.45) is 2.73. The van der Waals surface area contributed by atoms with Gasteiger partial charge in [-0.05, 0) is 43.5 Å². The van der Waals surface area contributed by atoms with Gasteiger partial charge >= 0.3 is 0 Å². The van der Waals surface area contributed by atoms with Crippen LogP contribution in [0.4, 0.5) is 10.2 Å². The minimum absolute atomic E-state index is 0.00671. The lowest BCUT2D eigenvalue weighted by atomic mass is 9.92. The van der Waals surface area contributed by atoms with Crippen LogP contribution < -0.4 is 5.73 Å². The Bertz CT molecular complexity index is 1100. The van der Waals surface area contributed by atoms with Gasteiger partial charge in [-0.1, -0.05) is 5.16 Å². The molecule has 9 heteroatoms. The summed E-state index contributed by atoms with van der Waals surface area (Å²) in [6, 6.07) is 5.87.